The van der Waals surface area contributed by atoms with Crippen molar-refractivity contribution in [2.75, 3.05) is 0 Å². The van der Waals surface area contributed by atoms with Gasteiger partial charge in [-0.15, -0.1) is 0 Å². The predicted molar refractivity (Wildman–Crippen MR) is 199 cm³/mol. The summed E-state index contributed by atoms with van der Waals surface area (Å²) in [4.78, 5) is 46.4. The zero-order valence-corrected chi connectivity index (χ0v) is 32.0. The lowest BCUT2D eigenvalue weighted by molar-refractivity contribution is -0.127. The van der Waals surface area contributed by atoms with Crippen LogP contribution in [-0.2, 0) is 28.7 Å². The van der Waals surface area contributed by atoms with Crippen molar-refractivity contribution in [1.82, 2.24) is 29.7 Å². The Balaban J connectivity index is 0.986. The van der Waals surface area contributed by atoms with Gasteiger partial charge in [-0.2, -0.15) is 13.2 Å². The van der Waals surface area contributed by atoms with Gasteiger partial charge in [0.15, 0.2) is 0 Å². The number of ether oxygens (including phenoxy) is 2. The first-order valence-electron chi connectivity index (χ1n) is 19.4. The minimum atomic E-state index is -4.46. The summed E-state index contributed by atoms with van der Waals surface area (Å²) in [5.74, 6) is 1.91. The molecule has 55 heavy (non-hydrogen) atoms. The van der Waals surface area contributed by atoms with E-state index in [9.17, 15) is 22.8 Å². The fourth-order valence-corrected chi connectivity index (χ4v) is 8.98. The van der Waals surface area contributed by atoms with E-state index in [1.165, 1.54) is 5.56 Å². The number of aryl methyl sites for hydroxylation is 2. The number of alkyl halides is 3. The van der Waals surface area contributed by atoms with E-state index < -0.39 is 35.9 Å². The number of hydrogen-bond acceptors (Lipinski definition) is 6. The molecule has 2 N–H and O–H groups in total. The Labute approximate surface area is 318 Å². The number of carbonyl (C=O) groups excluding carboxylic acids is 2. The molecular weight excluding hydrogens is 709 g/mol. The van der Waals surface area contributed by atoms with Crippen molar-refractivity contribution in [3.05, 3.63) is 71.1 Å². The maximum absolute atomic E-state index is 13.9. The van der Waals surface area contributed by atoms with Crippen LogP contribution in [0.15, 0.2) is 42.5 Å². The van der Waals surface area contributed by atoms with Crippen LogP contribution in [0.25, 0.3) is 33.6 Å². The first-order chi connectivity index (χ1) is 25.9. The van der Waals surface area contributed by atoms with E-state index in [1.54, 1.807) is 37.8 Å². The first-order valence-corrected chi connectivity index (χ1v) is 19.4. The molecule has 0 unspecified atom stereocenters. The number of fused-ring (bicyclic) bond motifs is 5. The van der Waals surface area contributed by atoms with E-state index >= 15 is 0 Å². The second-order valence-corrected chi connectivity index (χ2v) is 18.0. The summed E-state index contributed by atoms with van der Waals surface area (Å²) in [5, 5.41) is 0. The summed E-state index contributed by atoms with van der Waals surface area (Å²) < 4.78 is 53.1. The number of amides is 2. The summed E-state index contributed by atoms with van der Waals surface area (Å²) in [6.07, 6.45) is -1.36. The van der Waals surface area contributed by atoms with Crippen LogP contribution in [0.3, 0.4) is 0 Å². The average molecular weight is 757 g/mol. The number of H-pyrrole nitrogens is 2. The third-order valence-electron chi connectivity index (χ3n) is 11.5. The third kappa shape index (κ3) is 6.88. The highest BCUT2D eigenvalue weighted by Crippen LogP contribution is 2.55. The molecule has 0 radical (unpaired) electrons. The van der Waals surface area contributed by atoms with Gasteiger partial charge < -0.3 is 19.4 Å². The number of hydrogen-bond donors (Lipinski definition) is 2. The van der Waals surface area contributed by atoms with Crippen LogP contribution in [0.1, 0.15) is 108 Å². The van der Waals surface area contributed by atoms with Gasteiger partial charge in [0.25, 0.3) is 0 Å². The lowest BCUT2D eigenvalue weighted by Crippen LogP contribution is -2.38. The van der Waals surface area contributed by atoms with Crippen molar-refractivity contribution in [3.63, 3.8) is 0 Å². The van der Waals surface area contributed by atoms with Crippen LogP contribution in [0.4, 0.5) is 22.8 Å². The molecule has 13 heteroatoms. The van der Waals surface area contributed by atoms with Gasteiger partial charge in [-0.1, -0.05) is 36.4 Å². The largest absolute Gasteiger partial charge is 0.444 e. The molecule has 5 aliphatic rings. The summed E-state index contributed by atoms with van der Waals surface area (Å²) >= 11 is 0. The topological polar surface area (TPSA) is 116 Å². The lowest BCUT2D eigenvalue weighted by Gasteiger charge is -2.29. The van der Waals surface area contributed by atoms with Gasteiger partial charge in [-0.05, 0) is 115 Å². The van der Waals surface area contributed by atoms with Crippen molar-refractivity contribution < 1.29 is 32.2 Å². The molecule has 4 aromatic rings. The van der Waals surface area contributed by atoms with E-state index in [0.717, 1.165) is 66.0 Å². The maximum Gasteiger partial charge on any atom is 0.411 e. The molecule has 290 valence electrons. The molecule has 0 spiro atoms. The Kier molecular flexibility index (Phi) is 8.05. The molecule has 2 aliphatic heterocycles. The number of nitrogens with one attached hydrogen (secondary N) is 2. The van der Waals surface area contributed by atoms with Crippen LogP contribution < -0.4 is 0 Å². The SMILES string of the molecule is CC(C)(C)OC(=O)N1[C@H](c2nc(-c3ccc(-c4ccc5c(c4)-c4nc([C@@H]6C[C@@H]7C[C@@H]7N6C(=O)OC(C)(C)C)[nH]c4CC5)cc3)c(CC(F)(F)F)[nH]2)C[C@@H]2C[C@@H]21. The molecule has 3 aliphatic carbocycles. The normalized spacial score (nSPS) is 25.3. The number of imidazole rings is 2. The molecule has 4 fully saturated rings. The maximum atomic E-state index is 13.9. The van der Waals surface area contributed by atoms with Gasteiger partial charge in [0.05, 0.1) is 35.6 Å². The van der Waals surface area contributed by atoms with Crippen LogP contribution in [-0.4, -0.2) is 71.4 Å². The zero-order valence-electron chi connectivity index (χ0n) is 32.0. The molecular formula is C42H47F3N6O4. The standard InChI is InChI=1S/C42H47F3N6O4/c1-40(2,3)54-38(52)50-30-16-25(30)18-32(50)36-46-28-14-13-22-9-12-24(15-27(22)35(28)49-36)21-7-10-23(11-8-21)34-29(20-42(43,44)45)47-37(48-34)33-19-26-17-31(26)51(33)39(53)55-41(4,5)6/h7-12,15,25-26,30-33H,13-14,16-20H2,1-6H3,(H,46,49)(H,47,48)/t25-,26-,30-,31-,32-,33-/m0/s1. The van der Waals surface area contributed by atoms with Crippen LogP contribution in [0.2, 0.25) is 0 Å². The predicted octanol–water partition coefficient (Wildman–Crippen LogP) is 9.48. The first kappa shape index (κ1) is 35.9. The summed E-state index contributed by atoms with van der Waals surface area (Å²) in [6.45, 7) is 11.0. The number of aromatic nitrogens is 4. The van der Waals surface area contributed by atoms with Gasteiger partial charge >= 0.3 is 18.4 Å². The number of rotatable bonds is 5. The van der Waals surface area contributed by atoms with Crippen molar-refractivity contribution in [2.24, 2.45) is 11.8 Å². The van der Waals surface area contributed by atoms with E-state index in [2.05, 4.69) is 28.2 Å². The quantitative estimate of drug-likeness (QED) is 0.210. The lowest BCUT2D eigenvalue weighted by atomic mass is 9.89. The molecule has 2 saturated heterocycles. The second kappa shape index (κ2) is 12.3. The van der Waals surface area contributed by atoms with E-state index in [0.29, 0.717) is 23.7 Å². The molecule has 0 bridgehead atoms. The fourth-order valence-electron chi connectivity index (χ4n) is 8.98. The van der Waals surface area contributed by atoms with Crippen molar-refractivity contribution in [3.8, 4) is 33.6 Å². The number of benzene rings is 2. The number of likely N-dealkylation sites (tertiary alicyclic amines) is 2. The molecule has 2 saturated carbocycles. The van der Waals surface area contributed by atoms with E-state index in [-0.39, 0.29) is 41.5 Å². The van der Waals surface area contributed by atoms with Crippen LogP contribution in [0, 0.1) is 11.8 Å². The molecule has 2 aromatic carbocycles. The number of nitrogens with zero attached hydrogens (tertiary/aromatic N) is 4. The molecule has 2 aromatic heterocycles. The Morgan fingerprint density at radius 3 is 1.80 bits per heavy atom. The van der Waals surface area contributed by atoms with Gasteiger partial charge in [0.1, 0.15) is 22.9 Å². The van der Waals surface area contributed by atoms with Gasteiger partial charge in [-0.3, -0.25) is 9.80 Å². The van der Waals surface area contributed by atoms with Gasteiger partial charge in [0, 0.05) is 28.9 Å². The highest BCUT2D eigenvalue weighted by Gasteiger charge is 2.57. The Morgan fingerprint density at radius 1 is 0.709 bits per heavy atom. The van der Waals surface area contributed by atoms with E-state index in [1.807, 2.05) is 37.8 Å². The van der Waals surface area contributed by atoms with Gasteiger partial charge in [0.2, 0.25) is 0 Å². The minimum absolute atomic E-state index is 0.0136. The zero-order chi connectivity index (χ0) is 38.8. The highest BCUT2D eigenvalue weighted by molar-refractivity contribution is 5.78. The Hall–Kier alpha value is -4.81. The van der Waals surface area contributed by atoms with Gasteiger partial charge in [-0.25, -0.2) is 19.6 Å². The van der Waals surface area contributed by atoms with Crippen LogP contribution >= 0.6 is 0 Å². The van der Waals surface area contributed by atoms with Crippen molar-refractivity contribution in [1.29, 1.82) is 0 Å². The Morgan fingerprint density at radius 2 is 1.24 bits per heavy atom. The number of aromatic amines is 2. The summed E-state index contributed by atoms with van der Waals surface area (Å²) in [5.41, 5.74) is 5.50. The molecule has 4 heterocycles. The summed E-state index contributed by atoms with van der Waals surface area (Å²) in [7, 11) is 0. The average Bonchev–Trinajstić information content (AvgIpc) is 3.74. The number of piperidine rings is 2. The highest BCUT2D eigenvalue weighted by atomic mass is 19.4. The Bertz CT molecular complexity index is 2180. The second-order valence-electron chi connectivity index (χ2n) is 18.0. The molecule has 6 atom stereocenters. The monoisotopic (exact) mass is 756 g/mol. The van der Waals surface area contributed by atoms with Crippen molar-refractivity contribution >= 4 is 12.2 Å². The fraction of sp³-hybridized carbons (Fsp3) is 0.524. The third-order valence-corrected chi connectivity index (χ3v) is 11.5. The molecule has 9 rings (SSSR count). The number of halogens is 3. The molecule has 2 amide bonds. The smallest absolute Gasteiger partial charge is 0.411 e. The van der Waals surface area contributed by atoms with Crippen LogP contribution in [0.5, 0.6) is 0 Å². The molecule has 10 nitrogen and oxygen atoms in total. The summed E-state index contributed by atoms with van der Waals surface area (Å²) in [6, 6.07) is 13.3. The number of carbonyl (C=O) groups is 2. The minimum Gasteiger partial charge on any atom is -0.444 e. The van der Waals surface area contributed by atoms with Crippen molar-refractivity contribution in [2.45, 2.75) is 128 Å². The van der Waals surface area contributed by atoms with E-state index in [4.69, 9.17) is 19.4 Å².